The number of aliphatic hydroxyl groups excluding tert-OH is 1. The van der Waals surface area contributed by atoms with E-state index in [9.17, 15) is 9.90 Å². The normalized spacial score (nSPS) is 16.8. The van der Waals surface area contributed by atoms with Gasteiger partial charge in [-0.3, -0.25) is 9.69 Å². The molecule has 0 fully saturated rings. The first-order chi connectivity index (χ1) is 14.0. The first-order valence-electron chi connectivity index (χ1n) is 9.65. The number of anilines is 1. The average Bonchev–Trinajstić information content (AvgIpc) is 3.00. The number of halogens is 1. The molecule has 0 bridgehead atoms. The van der Waals surface area contributed by atoms with Crippen LogP contribution in [-0.2, 0) is 4.79 Å². The molecule has 1 heterocycles. The predicted molar refractivity (Wildman–Crippen MR) is 121 cm³/mol. The monoisotopic (exact) mass is 447 g/mol. The molecule has 0 unspecified atom stereocenters. The van der Waals surface area contributed by atoms with E-state index in [0.29, 0.717) is 11.5 Å². The zero-order valence-electron chi connectivity index (χ0n) is 16.3. The Kier molecular flexibility index (Phi) is 5.29. The highest BCUT2D eigenvalue weighted by Gasteiger charge is 2.41. The smallest absolute Gasteiger partial charge is 0.294 e. The fourth-order valence-electron chi connectivity index (χ4n) is 3.76. The zero-order chi connectivity index (χ0) is 20.5. The second kappa shape index (κ2) is 7.88. The van der Waals surface area contributed by atoms with Gasteiger partial charge in [0.05, 0.1) is 6.04 Å². The highest BCUT2D eigenvalue weighted by atomic mass is 79.9. The van der Waals surface area contributed by atoms with Gasteiger partial charge in [-0.15, -0.1) is 0 Å². The van der Waals surface area contributed by atoms with Gasteiger partial charge in [-0.05, 0) is 46.9 Å². The van der Waals surface area contributed by atoms with Crippen molar-refractivity contribution in [1.82, 2.24) is 0 Å². The van der Waals surface area contributed by atoms with E-state index < -0.39 is 6.04 Å². The van der Waals surface area contributed by atoms with Crippen molar-refractivity contribution in [1.29, 1.82) is 0 Å². The van der Waals surface area contributed by atoms with E-state index >= 15 is 0 Å². The molecular weight excluding hydrogens is 426 g/mol. The van der Waals surface area contributed by atoms with Crippen molar-refractivity contribution in [3.8, 4) is 0 Å². The van der Waals surface area contributed by atoms with Crippen molar-refractivity contribution in [2.45, 2.75) is 25.8 Å². The van der Waals surface area contributed by atoms with Crippen molar-refractivity contribution < 1.29 is 9.90 Å². The van der Waals surface area contributed by atoms with Crippen LogP contribution in [0.25, 0.3) is 5.57 Å². The zero-order valence-corrected chi connectivity index (χ0v) is 17.9. The molecule has 1 atom stereocenters. The summed E-state index contributed by atoms with van der Waals surface area (Å²) in [6.07, 6.45) is 0. The number of carbonyl (C=O) groups excluding carboxylic acids is 1. The number of nitrogens with zero attached hydrogens (tertiary/aromatic N) is 1. The van der Waals surface area contributed by atoms with Gasteiger partial charge in [0.2, 0.25) is 0 Å². The summed E-state index contributed by atoms with van der Waals surface area (Å²) in [5.74, 6) is -0.157. The van der Waals surface area contributed by atoms with Crippen LogP contribution in [0.1, 0.15) is 42.5 Å². The lowest BCUT2D eigenvalue weighted by atomic mass is 9.91. The number of hydrogen-bond acceptors (Lipinski definition) is 2. The summed E-state index contributed by atoms with van der Waals surface area (Å²) >= 11 is 3.45. The Hall–Kier alpha value is -2.85. The van der Waals surface area contributed by atoms with Crippen LogP contribution in [-0.4, -0.2) is 11.0 Å². The fourth-order valence-corrected chi connectivity index (χ4v) is 4.03. The first kappa shape index (κ1) is 19.5. The molecule has 4 heteroatoms. The molecule has 0 saturated carbocycles. The van der Waals surface area contributed by atoms with Crippen molar-refractivity contribution >= 4 is 33.1 Å². The van der Waals surface area contributed by atoms with E-state index in [1.54, 1.807) is 4.90 Å². The number of benzene rings is 3. The average molecular weight is 448 g/mol. The van der Waals surface area contributed by atoms with Crippen LogP contribution >= 0.6 is 15.9 Å². The molecule has 0 radical (unpaired) electrons. The van der Waals surface area contributed by atoms with Crippen molar-refractivity contribution in [3.63, 3.8) is 0 Å². The van der Waals surface area contributed by atoms with E-state index in [1.807, 2.05) is 54.6 Å². The minimum atomic E-state index is -0.396. The molecule has 146 valence electrons. The number of rotatable bonds is 4. The van der Waals surface area contributed by atoms with E-state index in [0.717, 1.165) is 21.3 Å². The lowest BCUT2D eigenvalue weighted by Gasteiger charge is -2.28. The van der Waals surface area contributed by atoms with Crippen LogP contribution < -0.4 is 4.90 Å². The summed E-state index contributed by atoms with van der Waals surface area (Å²) < 4.78 is 0.936. The number of hydrogen-bond donors (Lipinski definition) is 1. The van der Waals surface area contributed by atoms with Gasteiger partial charge in [-0.25, -0.2) is 0 Å². The van der Waals surface area contributed by atoms with Gasteiger partial charge in [-0.1, -0.05) is 84.4 Å². The Morgan fingerprint density at radius 1 is 0.897 bits per heavy atom. The van der Waals surface area contributed by atoms with Gasteiger partial charge >= 0.3 is 0 Å². The predicted octanol–water partition coefficient (Wildman–Crippen LogP) is 6.63. The maximum Gasteiger partial charge on any atom is 0.294 e. The van der Waals surface area contributed by atoms with Crippen LogP contribution in [0.2, 0.25) is 0 Å². The summed E-state index contributed by atoms with van der Waals surface area (Å²) in [6, 6.07) is 25.1. The van der Waals surface area contributed by atoms with Crippen molar-refractivity contribution in [2.24, 2.45) is 0 Å². The third-order valence-corrected chi connectivity index (χ3v) is 5.85. The van der Waals surface area contributed by atoms with Gasteiger partial charge in [0, 0.05) is 15.7 Å². The van der Waals surface area contributed by atoms with E-state index in [1.165, 1.54) is 5.56 Å². The molecule has 29 heavy (non-hydrogen) atoms. The number of amides is 1. The molecule has 3 aromatic carbocycles. The first-order valence-corrected chi connectivity index (χ1v) is 10.4. The lowest BCUT2D eigenvalue weighted by Crippen LogP contribution is -2.30. The van der Waals surface area contributed by atoms with E-state index in [-0.39, 0.29) is 11.7 Å². The molecule has 1 aliphatic heterocycles. The van der Waals surface area contributed by atoms with Crippen LogP contribution in [0.15, 0.2) is 89.1 Å². The third-order valence-electron chi connectivity index (χ3n) is 5.32. The van der Waals surface area contributed by atoms with Crippen LogP contribution in [0.4, 0.5) is 5.69 Å². The number of carbonyl (C=O) groups is 1. The maximum absolute atomic E-state index is 13.1. The molecule has 3 nitrogen and oxygen atoms in total. The lowest BCUT2D eigenvalue weighted by molar-refractivity contribution is -0.117. The summed E-state index contributed by atoms with van der Waals surface area (Å²) in [5, 5.41) is 10.9. The molecular formula is C25H22BrNO2. The number of aliphatic hydroxyl groups is 1. The van der Waals surface area contributed by atoms with E-state index in [4.69, 9.17) is 0 Å². The van der Waals surface area contributed by atoms with Crippen LogP contribution in [0, 0.1) is 0 Å². The molecule has 3 aromatic rings. The summed E-state index contributed by atoms with van der Waals surface area (Å²) in [5.41, 5.74) is 4.43. The van der Waals surface area contributed by atoms with Crippen molar-refractivity contribution in [2.75, 3.05) is 4.90 Å². The summed E-state index contributed by atoms with van der Waals surface area (Å²) in [7, 11) is 0. The SMILES string of the molecule is CC(C)c1ccc([C@H]2C(c3ccccc3)=C(O)C(=O)N2c2ccc(Br)cc2)cc1. The van der Waals surface area contributed by atoms with Crippen LogP contribution in [0.3, 0.4) is 0 Å². The Balaban J connectivity index is 1.87. The van der Waals surface area contributed by atoms with Gasteiger partial charge in [0.25, 0.3) is 5.91 Å². The molecule has 0 saturated heterocycles. The van der Waals surface area contributed by atoms with E-state index in [2.05, 4.69) is 54.0 Å². The Labute approximate surface area is 179 Å². The second-order valence-electron chi connectivity index (χ2n) is 7.50. The Bertz CT molecular complexity index is 1050. The summed E-state index contributed by atoms with van der Waals surface area (Å²) in [4.78, 5) is 14.8. The topological polar surface area (TPSA) is 40.5 Å². The highest BCUT2D eigenvalue weighted by molar-refractivity contribution is 9.10. The van der Waals surface area contributed by atoms with Gasteiger partial charge < -0.3 is 5.11 Å². The van der Waals surface area contributed by atoms with Gasteiger partial charge in [0.1, 0.15) is 0 Å². The largest absolute Gasteiger partial charge is 0.503 e. The maximum atomic E-state index is 13.1. The minimum Gasteiger partial charge on any atom is -0.503 e. The Morgan fingerprint density at radius 3 is 2.10 bits per heavy atom. The molecule has 0 spiro atoms. The molecule has 1 amide bonds. The molecule has 0 aliphatic carbocycles. The van der Waals surface area contributed by atoms with Crippen molar-refractivity contribution in [3.05, 3.63) is 106 Å². The standard InChI is InChI=1S/C25H22BrNO2/c1-16(2)17-8-10-19(11-9-17)23-22(18-6-4-3-5-7-18)24(28)25(29)27(23)21-14-12-20(26)13-15-21/h3-16,23,28H,1-2H3/t23-/m0/s1. The molecule has 1 N–H and O–H groups in total. The fraction of sp³-hybridized carbons (Fsp3) is 0.160. The van der Waals surface area contributed by atoms with Crippen LogP contribution in [0.5, 0.6) is 0 Å². The summed E-state index contributed by atoms with van der Waals surface area (Å²) in [6.45, 7) is 4.31. The minimum absolute atomic E-state index is 0.197. The molecule has 4 rings (SSSR count). The quantitative estimate of drug-likeness (QED) is 0.487. The molecule has 1 aliphatic rings. The van der Waals surface area contributed by atoms with Gasteiger partial charge in [-0.2, -0.15) is 0 Å². The Morgan fingerprint density at radius 2 is 1.52 bits per heavy atom. The molecule has 0 aromatic heterocycles. The third kappa shape index (κ3) is 3.60. The highest BCUT2D eigenvalue weighted by Crippen LogP contribution is 2.45. The second-order valence-corrected chi connectivity index (χ2v) is 8.42. The van der Waals surface area contributed by atoms with Gasteiger partial charge in [0.15, 0.2) is 5.76 Å².